The predicted molar refractivity (Wildman–Crippen MR) is 84.1 cm³/mol. The van der Waals surface area contributed by atoms with Crippen LogP contribution in [-0.4, -0.2) is 34.7 Å². The number of nitrogens with one attached hydrogen (secondary N) is 2. The number of anilines is 1. The summed E-state index contributed by atoms with van der Waals surface area (Å²) in [6.45, 7) is 3.32. The average Bonchev–Trinajstić information content (AvgIpc) is 2.47. The highest BCUT2D eigenvalue weighted by Gasteiger charge is 2.24. The van der Waals surface area contributed by atoms with E-state index in [-0.39, 0.29) is 6.04 Å². The Bertz CT molecular complexity index is 566. The molecule has 6 heteroatoms. The highest BCUT2D eigenvalue weighted by molar-refractivity contribution is 7.89. The fourth-order valence-electron chi connectivity index (χ4n) is 2.74. The van der Waals surface area contributed by atoms with Crippen LogP contribution in [0.3, 0.4) is 0 Å². The predicted octanol–water partition coefficient (Wildman–Crippen LogP) is 2.14. The summed E-state index contributed by atoms with van der Waals surface area (Å²) in [7, 11) is -1.93. The number of hydrogen-bond acceptors (Lipinski definition) is 4. The lowest BCUT2D eigenvalue weighted by Gasteiger charge is -2.23. The molecule has 1 aliphatic heterocycles. The topological polar surface area (TPSA) is 67.4 Å². The van der Waals surface area contributed by atoms with Gasteiger partial charge in [-0.2, -0.15) is 0 Å². The minimum atomic E-state index is -3.52. The van der Waals surface area contributed by atoms with Crippen molar-refractivity contribution in [1.29, 1.82) is 0 Å². The van der Waals surface area contributed by atoms with Crippen LogP contribution in [0.5, 0.6) is 0 Å². The maximum Gasteiger partial charge on any atom is 0.241 e. The zero-order valence-electron chi connectivity index (χ0n) is 12.7. The molecule has 1 aliphatic rings. The Labute approximate surface area is 127 Å². The van der Waals surface area contributed by atoms with Crippen molar-refractivity contribution in [1.82, 2.24) is 4.72 Å². The van der Waals surface area contributed by atoms with E-state index in [1.165, 1.54) is 0 Å². The van der Waals surface area contributed by atoms with Crippen molar-refractivity contribution >= 4 is 15.7 Å². The molecule has 0 aliphatic carbocycles. The fraction of sp³-hybridized carbons (Fsp3) is 0.600. The number of methoxy groups -OCH3 is 1. The van der Waals surface area contributed by atoms with Crippen molar-refractivity contribution in [2.75, 3.05) is 25.6 Å². The standard InChI is InChI=1S/C15H24N2O3S/c1-3-6-12(11-20-2)17-21(18,19)15-9-4-8-14-13(15)7-5-10-16-14/h4,8-9,12,16-17H,3,5-7,10-11H2,1-2H3. The molecule has 2 rings (SSSR count). The third kappa shape index (κ3) is 3.96. The summed E-state index contributed by atoms with van der Waals surface area (Å²) >= 11 is 0. The maximum atomic E-state index is 12.7. The van der Waals surface area contributed by atoms with E-state index in [2.05, 4.69) is 10.0 Å². The van der Waals surface area contributed by atoms with Gasteiger partial charge in [-0.05, 0) is 37.0 Å². The van der Waals surface area contributed by atoms with Crippen molar-refractivity contribution in [2.45, 2.75) is 43.5 Å². The molecule has 1 aromatic rings. The Balaban J connectivity index is 2.27. The minimum absolute atomic E-state index is 0.183. The van der Waals surface area contributed by atoms with Crippen LogP contribution in [0.4, 0.5) is 5.69 Å². The fourth-order valence-corrected chi connectivity index (χ4v) is 4.28. The Morgan fingerprint density at radius 3 is 2.95 bits per heavy atom. The third-order valence-electron chi connectivity index (χ3n) is 3.67. The van der Waals surface area contributed by atoms with Gasteiger partial charge in [0.25, 0.3) is 0 Å². The van der Waals surface area contributed by atoms with Gasteiger partial charge in [-0.15, -0.1) is 0 Å². The number of sulfonamides is 1. The molecule has 1 atom stereocenters. The summed E-state index contributed by atoms with van der Waals surface area (Å²) in [5.41, 5.74) is 1.83. The number of rotatable bonds is 7. The molecule has 1 aromatic carbocycles. The second-order valence-electron chi connectivity index (χ2n) is 5.37. The van der Waals surface area contributed by atoms with Crippen molar-refractivity contribution in [2.24, 2.45) is 0 Å². The first kappa shape index (κ1) is 16.3. The normalized spacial score (nSPS) is 16.1. The van der Waals surface area contributed by atoms with Gasteiger partial charge in [-0.1, -0.05) is 19.4 Å². The molecule has 2 N–H and O–H groups in total. The first-order chi connectivity index (χ1) is 10.1. The van der Waals surface area contributed by atoms with E-state index in [0.717, 1.165) is 43.5 Å². The molecule has 1 heterocycles. The smallest absolute Gasteiger partial charge is 0.241 e. The SMILES string of the molecule is CCCC(COC)NS(=O)(=O)c1cccc2c1CCCN2. The Kier molecular flexibility index (Phi) is 5.61. The van der Waals surface area contributed by atoms with Gasteiger partial charge in [0.1, 0.15) is 0 Å². The van der Waals surface area contributed by atoms with Gasteiger partial charge in [0.2, 0.25) is 10.0 Å². The second kappa shape index (κ2) is 7.24. The van der Waals surface area contributed by atoms with Crippen LogP contribution < -0.4 is 10.0 Å². The van der Waals surface area contributed by atoms with Crippen molar-refractivity contribution < 1.29 is 13.2 Å². The molecule has 0 amide bonds. The highest BCUT2D eigenvalue weighted by Crippen LogP contribution is 2.28. The van der Waals surface area contributed by atoms with E-state index in [9.17, 15) is 8.42 Å². The summed E-state index contributed by atoms with van der Waals surface area (Å²) in [6, 6.07) is 5.23. The van der Waals surface area contributed by atoms with Crippen LogP contribution in [0, 0.1) is 0 Å². The number of fused-ring (bicyclic) bond motifs is 1. The number of benzene rings is 1. The zero-order chi connectivity index (χ0) is 15.3. The molecule has 0 aromatic heterocycles. The van der Waals surface area contributed by atoms with Gasteiger partial charge in [-0.3, -0.25) is 0 Å². The maximum absolute atomic E-state index is 12.7. The summed E-state index contributed by atoms with van der Waals surface area (Å²) in [5.74, 6) is 0. The summed E-state index contributed by atoms with van der Waals surface area (Å²) < 4.78 is 33.2. The van der Waals surface area contributed by atoms with Crippen LogP contribution in [0.1, 0.15) is 31.7 Å². The van der Waals surface area contributed by atoms with E-state index in [0.29, 0.717) is 11.5 Å². The van der Waals surface area contributed by atoms with Gasteiger partial charge >= 0.3 is 0 Å². The molecule has 0 saturated carbocycles. The molecule has 0 fully saturated rings. The largest absolute Gasteiger partial charge is 0.385 e. The monoisotopic (exact) mass is 312 g/mol. The van der Waals surface area contributed by atoms with E-state index in [1.807, 2.05) is 13.0 Å². The number of ether oxygens (including phenoxy) is 1. The molecular weight excluding hydrogens is 288 g/mol. The van der Waals surface area contributed by atoms with Crippen LogP contribution in [0.25, 0.3) is 0 Å². The van der Waals surface area contributed by atoms with Crippen molar-refractivity contribution in [3.05, 3.63) is 23.8 Å². The Morgan fingerprint density at radius 2 is 2.24 bits per heavy atom. The molecule has 0 saturated heterocycles. The van der Waals surface area contributed by atoms with E-state index < -0.39 is 10.0 Å². The van der Waals surface area contributed by atoms with Gasteiger partial charge in [0.15, 0.2) is 0 Å². The highest BCUT2D eigenvalue weighted by atomic mass is 32.2. The first-order valence-electron chi connectivity index (χ1n) is 7.45. The van der Waals surface area contributed by atoms with Crippen LogP contribution in [0.15, 0.2) is 23.1 Å². The van der Waals surface area contributed by atoms with E-state index in [1.54, 1.807) is 19.2 Å². The van der Waals surface area contributed by atoms with Crippen LogP contribution in [0.2, 0.25) is 0 Å². The van der Waals surface area contributed by atoms with E-state index >= 15 is 0 Å². The second-order valence-corrected chi connectivity index (χ2v) is 7.06. The molecular formula is C15H24N2O3S. The summed E-state index contributed by atoms with van der Waals surface area (Å²) in [6.07, 6.45) is 3.42. The molecule has 118 valence electrons. The molecule has 0 bridgehead atoms. The van der Waals surface area contributed by atoms with Crippen LogP contribution >= 0.6 is 0 Å². The van der Waals surface area contributed by atoms with Gasteiger partial charge in [0, 0.05) is 25.4 Å². The molecule has 21 heavy (non-hydrogen) atoms. The lowest BCUT2D eigenvalue weighted by molar-refractivity contribution is 0.171. The molecule has 1 unspecified atom stereocenters. The van der Waals surface area contributed by atoms with Crippen LogP contribution in [-0.2, 0) is 21.2 Å². The average molecular weight is 312 g/mol. The van der Waals surface area contributed by atoms with Gasteiger partial charge < -0.3 is 10.1 Å². The van der Waals surface area contributed by atoms with Gasteiger partial charge in [0.05, 0.1) is 11.5 Å². The number of hydrogen-bond donors (Lipinski definition) is 2. The lowest BCUT2D eigenvalue weighted by Crippen LogP contribution is -2.38. The van der Waals surface area contributed by atoms with Gasteiger partial charge in [-0.25, -0.2) is 13.1 Å². The van der Waals surface area contributed by atoms with Crippen molar-refractivity contribution in [3.63, 3.8) is 0 Å². The lowest BCUT2D eigenvalue weighted by atomic mass is 10.0. The summed E-state index contributed by atoms with van der Waals surface area (Å²) in [4.78, 5) is 0.393. The molecule has 0 radical (unpaired) electrons. The minimum Gasteiger partial charge on any atom is -0.385 e. The molecule has 0 spiro atoms. The Hall–Kier alpha value is -1.11. The quantitative estimate of drug-likeness (QED) is 0.809. The van der Waals surface area contributed by atoms with E-state index in [4.69, 9.17) is 4.74 Å². The third-order valence-corrected chi connectivity index (χ3v) is 5.27. The first-order valence-corrected chi connectivity index (χ1v) is 8.94. The zero-order valence-corrected chi connectivity index (χ0v) is 13.5. The Morgan fingerprint density at radius 1 is 1.43 bits per heavy atom. The summed E-state index contributed by atoms with van der Waals surface area (Å²) in [5, 5.41) is 3.26. The van der Waals surface area contributed by atoms with Crippen molar-refractivity contribution in [3.8, 4) is 0 Å². The molecule has 5 nitrogen and oxygen atoms in total.